The third kappa shape index (κ3) is 1.43. The average Bonchev–Trinajstić information content (AvgIpc) is 3.19. The molecule has 5 rings (SSSR count). The molecule has 1 aliphatic heterocycles. The Morgan fingerprint density at radius 3 is 2.95 bits per heavy atom. The molecule has 3 aliphatic rings. The summed E-state index contributed by atoms with van der Waals surface area (Å²) in [5, 5.41) is 0.464. The van der Waals surface area contributed by atoms with E-state index in [1.165, 1.54) is 24.3 Å². The summed E-state index contributed by atoms with van der Waals surface area (Å²) in [7, 11) is 0. The molecule has 20 heavy (non-hydrogen) atoms. The van der Waals surface area contributed by atoms with Crippen LogP contribution in [0.25, 0.3) is 11.2 Å². The van der Waals surface area contributed by atoms with Crippen molar-refractivity contribution in [3.05, 3.63) is 17.8 Å². The van der Waals surface area contributed by atoms with Gasteiger partial charge in [-0.2, -0.15) is 11.8 Å². The Hall–Kier alpha value is -0.810. The number of hydrogen-bond acceptors (Lipinski definition) is 4. The molecular weight excluding hydrogens is 292 g/mol. The van der Waals surface area contributed by atoms with E-state index in [2.05, 4.69) is 31.3 Å². The second-order valence-corrected chi connectivity index (χ2v) is 7.75. The van der Waals surface area contributed by atoms with Gasteiger partial charge in [0.25, 0.3) is 0 Å². The Morgan fingerprint density at radius 2 is 2.00 bits per heavy atom. The molecule has 2 saturated carbocycles. The molecule has 0 spiro atoms. The van der Waals surface area contributed by atoms with E-state index >= 15 is 0 Å². The van der Waals surface area contributed by atoms with Crippen LogP contribution >= 0.6 is 23.4 Å². The molecule has 2 bridgehead atoms. The van der Waals surface area contributed by atoms with E-state index in [1.807, 2.05) is 6.33 Å². The van der Waals surface area contributed by atoms with E-state index in [4.69, 9.17) is 11.6 Å². The van der Waals surface area contributed by atoms with Gasteiger partial charge in [0.05, 0.1) is 6.33 Å². The zero-order chi connectivity index (χ0) is 13.3. The van der Waals surface area contributed by atoms with Gasteiger partial charge >= 0.3 is 0 Å². The Morgan fingerprint density at radius 1 is 1.10 bits per heavy atom. The highest BCUT2D eigenvalue weighted by atomic mass is 35.5. The van der Waals surface area contributed by atoms with Crippen LogP contribution in [0.1, 0.15) is 18.9 Å². The van der Waals surface area contributed by atoms with Gasteiger partial charge in [-0.25, -0.2) is 15.0 Å². The van der Waals surface area contributed by atoms with Gasteiger partial charge in [-0.3, -0.25) is 0 Å². The number of imidazole rings is 1. The van der Waals surface area contributed by atoms with Crippen LogP contribution in [0, 0.1) is 23.7 Å². The van der Waals surface area contributed by atoms with Crippen molar-refractivity contribution in [2.75, 3.05) is 11.5 Å². The fourth-order valence-corrected chi connectivity index (χ4v) is 6.67. The summed E-state index contributed by atoms with van der Waals surface area (Å²) in [6.07, 6.45) is 6.16. The Bertz CT molecular complexity index is 687. The highest BCUT2D eigenvalue weighted by molar-refractivity contribution is 7.99. The maximum Gasteiger partial charge on any atom is 0.165 e. The van der Waals surface area contributed by atoms with Crippen molar-refractivity contribution in [2.24, 2.45) is 23.7 Å². The third-order valence-electron chi connectivity index (χ3n) is 5.61. The molecule has 5 atom stereocenters. The van der Waals surface area contributed by atoms with Gasteiger partial charge in [-0.05, 0) is 48.0 Å². The monoisotopic (exact) mass is 306 g/mol. The maximum atomic E-state index is 6.11. The van der Waals surface area contributed by atoms with Gasteiger partial charge < -0.3 is 4.57 Å². The molecular formula is C14H15ClN4S. The quantitative estimate of drug-likeness (QED) is 0.760. The number of rotatable bonds is 1. The molecule has 104 valence electrons. The number of hydrogen-bond donors (Lipinski definition) is 0. The topological polar surface area (TPSA) is 43.6 Å². The second-order valence-electron chi connectivity index (χ2n) is 6.32. The molecule has 3 heterocycles. The molecule has 0 radical (unpaired) electrons. The summed E-state index contributed by atoms with van der Waals surface area (Å²) in [5.41, 5.74) is 1.65. The van der Waals surface area contributed by atoms with Gasteiger partial charge in [0.1, 0.15) is 11.8 Å². The van der Waals surface area contributed by atoms with Gasteiger partial charge in [0, 0.05) is 6.04 Å². The Balaban J connectivity index is 1.59. The summed E-state index contributed by atoms with van der Waals surface area (Å²) in [4.78, 5) is 12.9. The molecule has 0 amide bonds. The minimum absolute atomic E-state index is 0.464. The Labute approximate surface area is 126 Å². The summed E-state index contributed by atoms with van der Waals surface area (Å²) >= 11 is 8.26. The van der Waals surface area contributed by atoms with Crippen molar-refractivity contribution in [1.82, 2.24) is 19.5 Å². The van der Waals surface area contributed by atoms with Crippen LogP contribution in [0.4, 0.5) is 0 Å². The van der Waals surface area contributed by atoms with Crippen LogP contribution < -0.4 is 0 Å². The zero-order valence-corrected chi connectivity index (χ0v) is 12.5. The number of nitrogens with zero attached hydrogens (tertiary/aromatic N) is 4. The minimum Gasteiger partial charge on any atom is -0.312 e. The molecule has 4 nitrogen and oxygen atoms in total. The number of fused-ring (bicyclic) bond motifs is 6. The molecule has 2 aromatic heterocycles. The van der Waals surface area contributed by atoms with Crippen LogP contribution in [0.3, 0.4) is 0 Å². The van der Waals surface area contributed by atoms with Crippen molar-refractivity contribution in [3.8, 4) is 0 Å². The van der Waals surface area contributed by atoms with Crippen LogP contribution in [-0.4, -0.2) is 31.0 Å². The van der Waals surface area contributed by atoms with Crippen molar-refractivity contribution in [2.45, 2.75) is 18.9 Å². The normalized spacial score (nSPS) is 38.8. The molecule has 0 unspecified atom stereocenters. The average molecular weight is 307 g/mol. The summed E-state index contributed by atoms with van der Waals surface area (Å²) in [6.45, 7) is 0. The highest BCUT2D eigenvalue weighted by Gasteiger charge is 2.54. The van der Waals surface area contributed by atoms with E-state index in [9.17, 15) is 0 Å². The molecule has 0 aromatic carbocycles. The fraction of sp³-hybridized carbons (Fsp3) is 0.643. The van der Waals surface area contributed by atoms with E-state index < -0.39 is 0 Å². The lowest BCUT2D eigenvalue weighted by atomic mass is 9.79. The predicted molar refractivity (Wildman–Crippen MR) is 79.9 cm³/mol. The summed E-state index contributed by atoms with van der Waals surface area (Å²) in [5.74, 6) is 6.36. The van der Waals surface area contributed by atoms with E-state index in [-0.39, 0.29) is 0 Å². The van der Waals surface area contributed by atoms with Crippen LogP contribution in [-0.2, 0) is 0 Å². The van der Waals surface area contributed by atoms with Gasteiger partial charge in [-0.1, -0.05) is 11.6 Å². The minimum atomic E-state index is 0.464. The first-order chi connectivity index (χ1) is 9.83. The maximum absolute atomic E-state index is 6.11. The molecule has 0 N–H and O–H groups in total. The molecule has 1 saturated heterocycles. The molecule has 6 heteroatoms. The lowest BCUT2D eigenvalue weighted by molar-refractivity contribution is 0.210. The molecule has 2 aromatic rings. The van der Waals surface area contributed by atoms with Gasteiger partial charge in [-0.15, -0.1) is 0 Å². The highest BCUT2D eigenvalue weighted by Crippen LogP contribution is 2.61. The summed E-state index contributed by atoms with van der Waals surface area (Å²) < 4.78 is 2.27. The SMILES string of the molecule is Clc1ncnc2c1ncn2[C@@H]1C[C@@H]2C[C@H]1[C@H]1CSC[C@@H]21. The molecule has 3 fully saturated rings. The largest absolute Gasteiger partial charge is 0.312 e. The first-order valence-electron chi connectivity index (χ1n) is 7.23. The first kappa shape index (κ1) is 11.8. The van der Waals surface area contributed by atoms with Crippen molar-refractivity contribution in [3.63, 3.8) is 0 Å². The van der Waals surface area contributed by atoms with E-state index in [1.54, 1.807) is 6.33 Å². The van der Waals surface area contributed by atoms with Gasteiger partial charge in [0.15, 0.2) is 10.8 Å². The fourth-order valence-electron chi connectivity index (χ4n) is 4.80. The second kappa shape index (κ2) is 4.10. The zero-order valence-electron chi connectivity index (χ0n) is 10.9. The number of thioether (sulfide) groups is 1. The lowest BCUT2D eigenvalue weighted by Gasteiger charge is -2.31. The number of aromatic nitrogens is 4. The lowest BCUT2D eigenvalue weighted by Crippen LogP contribution is -2.28. The van der Waals surface area contributed by atoms with Crippen molar-refractivity contribution in [1.29, 1.82) is 0 Å². The van der Waals surface area contributed by atoms with Crippen LogP contribution in [0.5, 0.6) is 0 Å². The Kier molecular flexibility index (Phi) is 2.42. The van der Waals surface area contributed by atoms with E-state index in [0.717, 1.165) is 34.8 Å². The van der Waals surface area contributed by atoms with Crippen molar-refractivity contribution >= 4 is 34.5 Å². The van der Waals surface area contributed by atoms with Crippen LogP contribution in [0.2, 0.25) is 5.15 Å². The third-order valence-corrected chi connectivity index (χ3v) is 7.13. The van der Waals surface area contributed by atoms with E-state index in [0.29, 0.717) is 11.2 Å². The standard InChI is InChI=1S/C14H15ClN4S/c15-13-12-14(17-5-16-13)19(6-18-12)11-2-7-1-8(11)10-4-20-3-9(7)10/h5-11H,1-4H2/t7-,8-,9-,10+,11+/m0/s1. The number of halogens is 1. The van der Waals surface area contributed by atoms with Crippen molar-refractivity contribution < 1.29 is 0 Å². The summed E-state index contributed by atoms with van der Waals surface area (Å²) in [6, 6.07) is 0.566. The smallest absolute Gasteiger partial charge is 0.165 e. The van der Waals surface area contributed by atoms with Gasteiger partial charge in [0.2, 0.25) is 0 Å². The molecule has 2 aliphatic carbocycles. The van der Waals surface area contributed by atoms with Crippen LogP contribution in [0.15, 0.2) is 12.7 Å². The predicted octanol–water partition coefficient (Wildman–Crippen LogP) is 3.04. The first-order valence-corrected chi connectivity index (χ1v) is 8.77.